The second-order valence-corrected chi connectivity index (χ2v) is 5.34. The molecule has 2 aromatic carbocycles. The highest BCUT2D eigenvalue weighted by atomic mass is 16.1. The molecule has 0 fully saturated rings. The van der Waals surface area contributed by atoms with Crippen molar-refractivity contribution in [2.75, 3.05) is 18.0 Å². The molecule has 3 nitrogen and oxygen atoms in total. The molecule has 1 N–H and O–H groups in total. The second-order valence-electron chi connectivity index (χ2n) is 5.34. The molecule has 0 heterocycles. The summed E-state index contributed by atoms with van der Waals surface area (Å²) in [6.07, 6.45) is 1.49. The van der Waals surface area contributed by atoms with Crippen LogP contribution in [0, 0.1) is 0 Å². The largest absolute Gasteiger partial charge is 0.367 e. The Labute approximate surface area is 133 Å². The summed E-state index contributed by atoms with van der Waals surface area (Å²) in [4.78, 5) is 14.1. The lowest BCUT2D eigenvalue weighted by Gasteiger charge is -2.25. The lowest BCUT2D eigenvalue weighted by atomic mass is 10.2. The third kappa shape index (κ3) is 5.24. The monoisotopic (exact) mass is 296 g/mol. The average Bonchev–Trinajstić information content (AvgIpc) is 2.58. The van der Waals surface area contributed by atoms with E-state index in [0.717, 1.165) is 25.2 Å². The fourth-order valence-corrected chi connectivity index (χ4v) is 2.33. The Morgan fingerprint density at radius 1 is 1.00 bits per heavy atom. The van der Waals surface area contributed by atoms with E-state index in [9.17, 15) is 4.79 Å². The molecule has 3 heteroatoms. The van der Waals surface area contributed by atoms with E-state index in [-0.39, 0.29) is 5.91 Å². The molecule has 0 aromatic heterocycles. The number of hydrogen-bond donors (Lipinski definition) is 1. The van der Waals surface area contributed by atoms with Crippen LogP contribution < -0.4 is 10.2 Å². The zero-order chi connectivity index (χ0) is 15.6. The summed E-state index contributed by atoms with van der Waals surface area (Å²) in [5.41, 5.74) is 2.40. The van der Waals surface area contributed by atoms with E-state index in [1.165, 1.54) is 5.56 Å². The van der Waals surface area contributed by atoms with Gasteiger partial charge in [0.25, 0.3) is 0 Å². The predicted molar refractivity (Wildman–Crippen MR) is 91.9 cm³/mol. The molecule has 0 aliphatic carbocycles. The minimum Gasteiger partial charge on any atom is -0.367 e. The molecule has 0 bridgehead atoms. The van der Waals surface area contributed by atoms with E-state index in [0.29, 0.717) is 13.0 Å². The van der Waals surface area contributed by atoms with Gasteiger partial charge < -0.3 is 10.2 Å². The zero-order valence-electron chi connectivity index (χ0n) is 13.2. The fraction of sp³-hybridized carbons (Fsp3) is 0.316. The Balaban J connectivity index is 2.01. The Kier molecular flexibility index (Phi) is 6.49. The number of benzene rings is 2. The van der Waals surface area contributed by atoms with Crippen molar-refractivity contribution in [3.8, 4) is 0 Å². The Bertz CT molecular complexity index is 554. The highest BCUT2D eigenvalue weighted by molar-refractivity contribution is 5.76. The van der Waals surface area contributed by atoms with Crippen LogP contribution in [0.3, 0.4) is 0 Å². The van der Waals surface area contributed by atoms with Gasteiger partial charge in [-0.25, -0.2) is 0 Å². The summed E-state index contributed by atoms with van der Waals surface area (Å²) < 4.78 is 0. The minimum atomic E-state index is 0.121. The third-order valence-electron chi connectivity index (χ3n) is 3.52. The van der Waals surface area contributed by atoms with E-state index >= 15 is 0 Å². The number of hydrogen-bond acceptors (Lipinski definition) is 2. The van der Waals surface area contributed by atoms with Crippen LogP contribution in [0.1, 0.15) is 25.3 Å². The highest BCUT2D eigenvalue weighted by Crippen LogP contribution is 2.17. The Hall–Kier alpha value is -2.29. The second kappa shape index (κ2) is 8.88. The molecule has 0 aliphatic heterocycles. The maximum atomic E-state index is 11.9. The van der Waals surface area contributed by atoms with Crippen LogP contribution in [0.4, 0.5) is 5.69 Å². The predicted octanol–water partition coefficient (Wildman–Crippen LogP) is 3.61. The number of para-hydroxylation sites is 1. The molecule has 22 heavy (non-hydrogen) atoms. The van der Waals surface area contributed by atoms with Gasteiger partial charge in [-0.2, -0.15) is 0 Å². The first kappa shape index (κ1) is 16.1. The van der Waals surface area contributed by atoms with Crippen molar-refractivity contribution in [2.45, 2.75) is 26.3 Å². The van der Waals surface area contributed by atoms with E-state index in [1.54, 1.807) is 0 Å². The molecule has 0 atom stereocenters. The van der Waals surface area contributed by atoms with Gasteiger partial charge in [-0.05, 0) is 24.1 Å². The molecule has 116 valence electrons. The molecule has 0 saturated carbocycles. The van der Waals surface area contributed by atoms with Crippen molar-refractivity contribution >= 4 is 11.6 Å². The van der Waals surface area contributed by atoms with Crippen molar-refractivity contribution < 1.29 is 4.79 Å². The summed E-state index contributed by atoms with van der Waals surface area (Å²) in [7, 11) is 0. The standard InChI is InChI=1S/C19H24N2O/c1-2-14-20-19(22)13-15-21(18-11-7-4-8-12-18)16-17-9-5-3-6-10-17/h3-12H,2,13-16H2,1H3,(H,20,22). The lowest BCUT2D eigenvalue weighted by molar-refractivity contribution is -0.120. The van der Waals surface area contributed by atoms with Crippen molar-refractivity contribution in [3.05, 3.63) is 66.2 Å². The van der Waals surface area contributed by atoms with Crippen LogP contribution in [-0.4, -0.2) is 19.0 Å². The van der Waals surface area contributed by atoms with Crippen LogP contribution in [0.25, 0.3) is 0 Å². The van der Waals surface area contributed by atoms with E-state index in [4.69, 9.17) is 0 Å². The summed E-state index contributed by atoms with van der Waals surface area (Å²) in [6, 6.07) is 20.6. The first-order valence-corrected chi connectivity index (χ1v) is 7.90. The smallest absolute Gasteiger partial charge is 0.221 e. The van der Waals surface area contributed by atoms with E-state index in [1.807, 2.05) is 36.4 Å². The molecular weight excluding hydrogens is 272 g/mol. The van der Waals surface area contributed by atoms with Gasteiger partial charge in [0.2, 0.25) is 5.91 Å². The van der Waals surface area contributed by atoms with Gasteiger partial charge in [0, 0.05) is 31.7 Å². The van der Waals surface area contributed by atoms with Crippen molar-refractivity contribution in [1.29, 1.82) is 0 Å². The first-order chi connectivity index (χ1) is 10.8. The van der Waals surface area contributed by atoms with Crippen molar-refractivity contribution in [2.24, 2.45) is 0 Å². The maximum Gasteiger partial charge on any atom is 0.221 e. The number of anilines is 1. The summed E-state index contributed by atoms with van der Waals surface area (Å²) >= 11 is 0. The molecule has 0 spiro atoms. The average molecular weight is 296 g/mol. The van der Waals surface area contributed by atoms with Gasteiger partial charge >= 0.3 is 0 Å². The number of carbonyl (C=O) groups excluding carboxylic acids is 1. The molecule has 0 aliphatic rings. The fourth-order valence-electron chi connectivity index (χ4n) is 2.33. The maximum absolute atomic E-state index is 11.9. The zero-order valence-corrected chi connectivity index (χ0v) is 13.2. The van der Waals surface area contributed by atoms with Gasteiger partial charge in [-0.1, -0.05) is 55.5 Å². The molecular formula is C19H24N2O. The van der Waals surface area contributed by atoms with Gasteiger partial charge in [0.15, 0.2) is 0 Å². The van der Waals surface area contributed by atoms with E-state index in [2.05, 4.69) is 41.4 Å². The SMILES string of the molecule is CCCNC(=O)CCN(Cc1ccccc1)c1ccccc1. The van der Waals surface area contributed by atoms with Gasteiger partial charge in [0.1, 0.15) is 0 Å². The molecule has 2 rings (SSSR count). The lowest BCUT2D eigenvalue weighted by Crippen LogP contribution is -2.31. The first-order valence-electron chi connectivity index (χ1n) is 7.90. The molecule has 0 radical (unpaired) electrons. The highest BCUT2D eigenvalue weighted by Gasteiger charge is 2.09. The number of rotatable bonds is 8. The van der Waals surface area contributed by atoms with Crippen LogP contribution in [0.15, 0.2) is 60.7 Å². The Morgan fingerprint density at radius 3 is 2.27 bits per heavy atom. The summed E-state index contributed by atoms with van der Waals surface area (Å²) in [5, 5.41) is 2.94. The van der Waals surface area contributed by atoms with Gasteiger partial charge in [-0.3, -0.25) is 4.79 Å². The van der Waals surface area contributed by atoms with Crippen LogP contribution in [0.2, 0.25) is 0 Å². The summed E-state index contributed by atoms with van der Waals surface area (Å²) in [6.45, 7) is 4.34. The quantitative estimate of drug-likeness (QED) is 0.807. The van der Waals surface area contributed by atoms with Crippen molar-refractivity contribution in [3.63, 3.8) is 0 Å². The number of nitrogens with one attached hydrogen (secondary N) is 1. The van der Waals surface area contributed by atoms with Gasteiger partial charge in [-0.15, -0.1) is 0 Å². The number of amides is 1. The Morgan fingerprint density at radius 2 is 1.64 bits per heavy atom. The van der Waals surface area contributed by atoms with Crippen LogP contribution in [0.5, 0.6) is 0 Å². The molecule has 0 saturated heterocycles. The number of carbonyl (C=O) groups is 1. The van der Waals surface area contributed by atoms with Crippen molar-refractivity contribution in [1.82, 2.24) is 5.32 Å². The molecule has 0 unspecified atom stereocenters. The third-order valence-corrected chi connectivity index (χ3v) is 3.52. The summed E-state index contributed by atoms with van der Waals surface area (Å²) in [5.74, 6) is 0.121. The van der Waals surface area contributed by atoms with E-state index < -0.39 is 0 Å². The van der Waals surface area contributed by atoms with Gasteiger partial charge in [0.05, 0.1) is 0 Å². The van der Waals surface area contributed by atoms with Crippen LogP contribution in [-0.2, 0) is 11.3 Å². The topological polar surface area (TPSA) is 32.3 Å². The minimum absolute atomic E-state index is 0.121. The molecule has 2 aromatic rings. The number of nitrogens with zero attached hydrogens (tertiary/aromatic N) is 1. The normalized spacial score (nSPS) is 10.2. The molecule has 1 amide bonds. The van der Waals surface area contributed by atoms with Crippen LogP contribution >= 0.6 is 0 Å².